The predicted octanol–water partition coefficient (Wildman–Crippen LogP) is 8.71. The minimum atomic E-state index is -0.776. The number of carbonyl (C=O) groups is 2. The molecule has 2 aliphatic carbocycles. The Labute approximate surface area is 349 Å². The summed E-state index contributed by atoms with van der Waals surface area (Å²) in [5, 5.41) is 26.8. The van der Waals surface area contributed by atoms with Gasteiger partial charge in [0.15, 0.2) is 0 Å². The van der Waals surface area contributed by atoms with Crippen LogP contribution in [-0.2, 0) is 35.9 Å². The number of ether oxygens (including phenoxy) is 4. The summed E-state index contributed by atoms with van der Waals surface area (Å²) in [6.45, 7) is 5.29. The first-order valence-electron chi connectivity index (χ1n) is 19.8. The average molecular weight is 836 g/mol. The van der Waals surface area contributed by atoms with Gasteiger partial charge >= 0.3 is 11.9 Å². The first-order valence-corrected chi connectivity index (χ1v) is 20.6. The predicted molar refractivity (Wildman–Crippen MR) is 222 cm³/mol. The van der Waals surface area contributed by atoms with E-state index >= 15 is 0 Å². The first-order chi connectivity index (χ1) is 28.0. The molecule has 6 rings (SSSR count). The van der Waals surface area contributed by atoms with Gasteiger partial charge in [-0.15, -0.1) is 0 Å². The van der Waals surface area contributed by atoms with Crippen LogP contribution in [0.15, 0.2) is 48.5 Å². The van der Waals surface area contributed by atoms with Gasteiger partial charge in [0.05, 0.1) is 26.1 Å². The van der Waals surface area contributed by atoms with Crippen LogP contribution in [0.2, 0.25) is 10.0 Å². The maximum Gasteiger partial charge on any atom is 0.308 e. The Morgan fingerprint density at radius 2 is 1.03 bits per heavy atom. The second kappa shape index (κ2) is 19.9. The fraction of sp³-hybridized carbons (Fsp3) is 0.455. The van der Waals surface area contributed by atoms with Gasteiger partial charge in [0.25, 0.3) is 0 Å². The Bertz CT molecular complexity index is 1950. The molecule has 14 heteroatoms. The summed E-state index contributed by atoms with van der Waals surface area (Å²) >= 11 is 13.4. The van der Waals surface area contributed by atoms with Crippen molar-refractivity contribution in [2.75, 3.05) is 14.2 Å². The molecule has 0 aliphatic heterocycles. The van der Waals surface area contributed by atoms with E-state index in [0.29, 0.717) is 47.7 Å². The molecule has 2 aromatic heterocycles. The van der Waals surface area contributed by atoms with Gasteiger partial charge < -0.3 is 39.8 Å². The van der Waals surface area contributed by atoms with E-state index in [-0.39, 0.29) is 37.1 Å². The molecule has 4 atom stereocenters. The molecule has 0 amide bonds. The van der Waals surface area contributed by atoms with E-state index in [4.69, 9.17) is 42.1 Å². The zero-order valence-corrected chi connectivity index (χ0v) is 34.9. The summed E-state index contributed by atoms with van der Waals surface area (Å²) in [6.07, 6.45) is 6.74. The van der Waals surface area contributed by atoms with Crippen LogP contribution >= 0.6 is 23.2 Å². The number of aliphatic carboxylic acids is 2. The number of benzene rings is 2. The minimum absolute atomic E-state index is 0.132. The molecule has 2 fully saturated rings. The van der Waals surface area contributed by atoms with Crippen LogP contribution in [0.1, 0.15) is 84.7 Å². The van der Waals surface area contributed by atoms with Crippen LogP contribution in [-0.4, -0.2) is 58.4 Å². The van der Waals surface area contributed by atoms with Crippen molar-refractivity contribution < 1.29 is 38.7 Å². The lowest BCUT2D eigenvalue weighted by molar-refractivity contribution is -0.144. The molecule has 310 valence electrons. The summed E-state index contributed by atoms with van der Waals surface area (Å²) in [4.78, 5) is 32.7. The zero-order valence-electron chi connectivity index (χ0n) is 33.4. The van der Waals surface area contributed by atoms with E-state index < -0.39 is 23.8 Å². The summed E-state index contributed by atoms with van der Waals surface area (Å²) in [5.74, 6) is -1.19. The highest BCUT2D eigenvalue weighted by Gasteiger charge is 2.32. The summed E-state index contributed by atoms with van der Waals surface area (Å²) in [7, 11) is 3.07. The molecule has 4 N–H and O–H groups in total. The number of pyridine rings is 2. The fourth-order valence-electron chi connectivity index (χ4n) is 8.18. The first kappa shape index (κ1) is 43.0. The van der Waals surface area contributed by atoms with Crippen molar-refractivity contribution in [2.45, 2.75) is 104 Å². The Hall–Kier alpha value is -4.62. The quantitative estimate of drug-likeness (QED) is 0.0802. The van der Waals surface area contributed by atoms with Crippen LogP contribution in [0.3, 0.4) is 0 Å². The summed E-state index contributed by atoms with van der Waals surface area (Å²) in [6, 6.07) is 15.4. The normalized spacial score (nSPS) is 19.3. The van der Waals surface area contributed by atoms with Gasteiger partial charge in [-0.1, -0.05) is 85.3 Å². The molecule has 2 saturated carbocycles. The molecule has 4 aromatic rings. The highest BCUT2D eigenvalue weighted by Crippen LogP contribution is 2.35. The number of nitrogens with one attached hydrogen (secondary N) is 2. The third kappa shape index (κ3) is 10.1. The van der Waals surface area contributed by atoms with E-state index in [1.807, 2.05) is 24.3 Å². The number of nitrogens with zero attached hydrogens (tertiary/aromatic N) is 2. The second-order valence-electron chi connectivity index (χ2n) is 15.1. The SMILES string of the molecule is COc1nc(OCc2cccc(-c3cccc(COc4nc(OC)c(CN[C@H]5CCCC[C@H]5C(=O)O)cc4Cl)c3C)c2C)c(Cl)cc1CNC1CCCC[C@H]1C(=O)O. The highest BCUT2D eigenvalue weighted by atomic mass is 35.5. The Morgan fingerprint density at radius 3 is 1.41 bits per heavy atom. The molecule has 0 bridgehead atoms. The Balaban J connectivity index is 1.11. The second-order valence-corrected chi connectivity index (χ2v) is 15.9. The maximum atomic E-state index is 11.8. The highest BCUT2D eigenvalue weighted by molar-refractivity contribution is 6.32. The van der Waals surface area contributed by atoms with Crippen LogP contribution in [0.5, 0.6) is 23.5 Å². The largest absolute Gasteiger partial charge is 0.481 e. The average Bonchev–Trinajstić information content (AvgIpc) is 3.22. The molecule has 0 radical (unpaired) electrons. The lowest BCUT2D eigenvalue weighted by Crippen LogP contribution is -2.41. The zero-order chi connectivity index (χ0) is 41.3. The van der Waals surface area contributed by atoms with E-state index in [9.17, 15) is 19.8 Å². The van der Waals surface area contributed by atoms with Gasteiger partial charge in [0.2, 0.25) is 23.5 Å². The molecule has 1 unspecified atom stereocenters. The monoisotopic (exact) mass is 834 g/mol. The number of methoxy groups -OCH3 is 2. The Morgan fingerprint density at radius 1 is 0.638 bits per heavy atom. The van der Waals surface area contributed by atoms with Crippen molar-refractivity contribution in [1.82, 2.24) is 20.6 Å². The molecular formula is C44H52Cl2N4O8. The van der Waals surface area contributed by atoms with Crippen molar-refractivity contribution in [2.24, 2.45) is 11.8 Å². The Kier molecular flexibility index (Phi) is 14.7. The number of aromatic nitrogens is 2. The van der Waals surface area contributed by atoms with Crippen molar-refractivity contribution in [3.05, 3.63) is 92.0 Å². The van der Waals surface area contributed by atoms with Crippen molar-refractivity contribution >= 4 is 35.1 Å². The smallest absolute Gasteiger partial charge is 0.308 e. The summed E-state index contributed by atoms with van der Waals surface area (Å²) < 4.78 is 23.5. The molecule has 2 heterocycles. The van der Waals surface area contributed by atoms with Gasteiger partial charge in [-0.05, 0) is 85.0 Å². The number of carboxylic acid groups (broad SMARTS) is 2. The fourth-order valence-corrected chi connectivity index (χ4v) is 8.63. The lowest BCUT2D eigenvalue weighted by atomic mass is 9.84. The van der Waals surface area contributed by atoms with Crippen LogP contribution in [0.4, 0.5) is 0 Å². The van der Waals surface area contributed by atoms with Crippen LogP contribution < -0.4 is 29.6 Å². The topological polar surface area (TPSA) is 161 Å². The van der Waals surface area contributed by atoms with E-state index in [0.717, 1.165) is 83.0 Å². The summed E-state index contributed by atoms with van der Waals surface area (Å²) in [5.41, 5.74) is 7.51. The number of rotatable bonds is 17. The van der Waals surface area contributed by atoms with Gasteiger partial charge in [0, 0.05) is 36.3 Å². The molecule has 0 saturated heterocycles. The van der Waals surface area contributed by atoms with Gasteiger partial charge in [0.1, 0.15) is 23.3 Å². The molecular weight excluding hydrogens is 783 g/mol. The van der Waals surface area contributed by atoms with Crippen molar-refractivity contribution in [3.63, 3.8) is 0 Å². The van der Waals surface area contributed by atoms with Crippen molar-refractivity contribution in [1.29, 1.82) is 0 Å². The van der Waals surface area contributed by atoms with Gasteiger partial charge in [-0.2, -0.15) is 9.97 Å². The van der Waals surface area contributed by atoms with Crippen molar-refractivity contribution in [3.8, 4) is 34.6 Å². The number of hydrogen-bond donors (Lipinski definition) is 4. The standard InChI is InChI=1S/C44H52Cl2N4O8/c1-25-27(23-57-41-35(45)19-29(39(49-41)55-3)21-47-37-17-7-5-13-33(37)43(51)52)11-9-15-31(25)32-16-10-12-28(26(32)2)24-58-42-36(46)20-30(40(50-42)56-4)22-48-38-18-8-6-14-34(38)44(53)54/h9-12,15-16,19-20,33-34,37-38,47-48H,5-8,13-14,17-18,21-24H2,1-4H3,(H,51,52)(H,53,54)/t33-,34-,37+,38?/m1/s1. The number of carboxylic acids is 2. The lowest BCUT2D eigenvalue weighted by Gasteiger charge is -2.29. The van der Waals surface area contributed by atoms with E-state index in [1.54, 1.807) is 12.1 Å². The number of halogens is 2. The van der Waals surface area contributed by atoms with E-state index in [2.05, 4.69) is 46.6 Å². The van der Waals surface area contributed by atoms with Crippen LogP contribution in [0.25, 0.3) is 11.1 Å². The van der Waals surface area contributed by atoms with Crippen LogP contribution in [0, 0.1) is 25.7 Å². The molecule has 2 aromatic carbocycles. The van der Waals surface area contributed by atoms with Gasteiger partial charge in [-0.25, -0.2) is 0 Å². The third-order valence-electron chi connectivity index (χ3n) is 11.5. The molecule has 2 aliphatic rings. The third-order valence-corrected chi connectivity index (χ3v) is 12.1. The molecule has 0 spiro atoms. The number of hydrogen-bond acceptors (Lipinski definition) is 10. The van der Waals surface area contributed by atoms with E-state index in [1.165, 1.54) is 14.2 Å². The molecule has 12 nitrogen and oxygen atoms in total. The van der Waals surface area contributed by atoms with Gasteiger partial charge in [-0.3, -0.25) is 9.59 Å². The minimum Gasteiger partial charge on any atom is -0.481 e. The molecule has 58 heavy (non-hydrogen) atoms. The maximum absolute atomic E-state index is 11.8.